The number of rotatable bonds is 0. The summed E-state index contributed by atoms with van der Waals surface area (Å²) in [5.74, 6) is 7.47. The third kappa shape index (κ3) is 0.467. The first kappa shape index (κ1) is 5.61. The maximum absolute atomic E-state index is 1.62. The van der Waals surface area contributed by atoms with E-state index in [0.29, 0.717) is 0 Å². The van der Waals surface area contributed by atoms with E-state index in [9.17, 15) is 0 Å². The Balaban J connectivity index is 1.84. The highest BCUT2D eigenvalue weighted by Gasteiger charge is 2.69. The smallest absolute Gasteiger partial charge is 0.0318 e. The van der Waals surface area contributed by atoms with Crippen molar-refractivity contribution in [2.75, 3.05) is 0 Å². The molecule has 5 saturated carbocycles. The fraction of sp³-hybridized carbons (Fsp3) is 1.00. The van der Waals surface area contributed by atoms with Gasteiger partial charge in [-0.1, -0.05) is 6.42 Å². The van der Waals surface area contributed by atoms with Gasteiger partial charge in [0.25, 0.3) is 0 Å². The van der Waals surface area contributed by atoms with Gasteiger partial charge in [0.15, 0.2) is 0 Å². The second-order valence-corrected chi connectivity index (χ2v) is 5.32. The average Bonchev–Trinajstić information content (AvgIpc) is 2.63. The van der Waals surface area contributed by atoms with Crippen molar-refractivity contribution in [2.45, 2.75) is 32.1 Å². The fourth-order valence-electron chi connectivity index (χ4n) is 5.12. The van der Waals surface area contributed by atoms with Gasteiger partial charge in [0.05, 0.1) is 0 Å². The number of hydrogen-bond acceptors (Lipinski definition) is 0. The van der Waals surface area contributed by atoms with Crippen LogP contribution in [-0.4, -0.2) is 0 Å². The maximum Gasteiger partial charge on any atom is -0.0318 e. The van der Waals surface area contributed by atoms with Gasteiger partial charge >= 0.3 is 0 Å². The van der Waals surface area contributed by atoms with Gasteiger partial charge < -0.3 is 0 Å². The Hall–Kier alpha value is 0. The topological polar surface area (TPSA) is 0 Å². The Morgan fingerprint density at radius 1 is 0.545 bits per heavy atom. The Morgan fingerprint density at radius 2 is 1.18 bits per heavy atom. The first-order valence-electron chi connectivity index (χ1n) is 5.47. The summed E-state index contributed by atoms with van der Waals surface area (Å²) < 4.78 is 0. The summed E-state index contributed by atoms with van der Waals surface area (Å²) in [6.07, 6.45) is 8.03. The molecule has 11 heavy (non-hydrogen) atoms. The summed E-state index contributed by atoms with van der Waals surface area (Å²) in [6.45, 7) is 0. The summed E-state index contributed by atoms with van der Waals surface area (Å²) in [4.78, 5) is 0. The van der Waals surface area contributed by atoms with Crippen LogP contribution in [0.4, 0.5) is 0 Å². The van der Waals surface area contributed by atoms with E-state index in [1.165, 1.54) is 35.5 Å². The van der Waals surface area contributed by atoms with E-state index >= 15 is 0 Å². The molecule has 5 fully saturated rings. The van der Waals surface area contributed by atoms with Crippen molar-refractivity contribution < 1.29 is 0 Å². The molecule has 0 heterocycles. The monoisotopic (exact) mass is 148 g/mol. The predicted octanol–water partition coefficient (Wildman–Crippen LogP) is 2.69. The first-order valence-corrected chi connectivity index (χ1v) is 5.47. The molecule has 5 aliphatic rings. The van der Waals surface area contributed by atoms with Gasteiger partial charge in [0.2, 0.25) is 0 Å². The van der Waals surface area contributed by atoms with E-state index in [1.54, 1.807) is 32.1 Å². The highest BCUT2D eigenvalue weighted by atomic mass is 14.7. The molecule has 0 heteroatoms. The van der Waals surface area contributed by atoms with Crippen LogP contribution in [0.25, 0.3) is 0 Å². The summed E-state index contributed by atoms with van der Waals surface area (Å²) in [5.41, 5.74) is 0. The van der Waals surface area contributed by atoms with Crippen LogP contribution in [0, 0.1) is 35.5 Å². The standard InChI is InChI=1S/C11H16/c1-2-6-7-4-5-8(6)11-9(3-1)10(7)11/h6-11H,1-5H2. The van der Waals surface area contributed by atoms with Crippen LogP contribution in [-0.2, 0) is 0 Å². The molecule has 0 radical (unpaired) electrons. The summed E-state index contributed by atoms with van der Waals surface area (Å²) >= 11 is 0. The molecular weight excluding hydrogens is 132 g/mol. The molecule has 4 unspecified atom stereocenters. The minimum absolute atomic E-state index is 1.23. The van der Waals surface area contributed by atoms with Crippen LogP contribution in [0.3, 0.4) is 0 Å². The van der Waals surface area contributed by atoms with Gasteiger partial charge in [-0.05, 0) is 61.2 Å². The maximum atomic E-state index is 1.62. The lowest BCUT2D eigenvalue weighted by Crippen LogP contribution is -2.09. The van der Waals surface area contributed by atoms with Crippen molar-refractivity contribution >= 4 is 0 Å². The van der Waals surface area contributed by atoms with Gasteiger partial charge in [-0.25, -0.2) is 0 Å². The predicted molar refractivity (Wildman–Crippen MR) is 44.0 cm³/mol. The molecule has 4 atom stereocenters. The van der Waals surface area contributed by atoms with Crippen LogP contribution in [0.1, 0.15) is 32.1 Å². The Bertz CT molecular complexity index is 190. The molecule has 6 bridgehead atoms. The van der Waals surface area contributed by atoms with Crippen molar-refractivity contribution in [2.24, 2.45) is 35.5 Å². The number of hydrogen-bond donors (Lipinski definition) is 0. The molecule has 0 aromatic rings. The van der Waals surface area contributed by atoms with E-state index in [0.717, 1.165) is 0 Å². The van der Waals surface area contributed by atoms with Crippen LogP contribution in [0.15, 0.2) is 0 Å². The van der Waals surface area contributed by atoms with E-state index in [4.69, 9.17) is 0 Å². The highest BCUT2D eigenvalue weighted by molar-refractivity contribution is 5.17. The van der Waals surface area contributed by atoms with Crippen molar-refractivity contribution in [3.8, 4) is 0 Å². The van der Waals surface area contributed by atoms with Gasteiger partial charge in [0, 0.05) is 0 Å². The third-order valence-electron chi connectivity index (χ3n) is 5.29. The Morgan fingerprint density at radius 3 is 1.91 bits per heavy atom. The lowest BCUT2D eigenvalue weighted by atomic mass is 9.90. The van der Waals surface area contributed by atoms with Crippen molar-refractivity contribution in [1.29, 1.82) is 0 Å². The van der Waals surface area contributed by atoms with Crippen molar-refractivity contribution in [3.63, 3.8) is 0 Å². The van der Waals surface area contributed by atoms with Crippen molar-refractivity contribution in [1.82, 2.24) is 0 Å². The first-order chi connectivity index (χ1) is 5.47. The Kier molecular flexibility index (Phi) is 0.781. The molecule has 5 rings (SSSR count). The molecule has 0 aromatic carbocycles. The zero-order chi connectivity index (χ0) is 7.00. The summed E-state index contributed by atoms with van der Waals surface area (Å²) in [7, 11) is 0. The minimum Gasteiger partial charge on any atom is -0.0527 e. The second kappa shape index (κ2) is 1.53. The second-order valence-electron chi connectivity index (χ2n) is 5.32. The van der Waals surface area contributed by atoms with E-state index in [-0.39, 0.29) is 0 Å². The van der Waals surface area contributed by atoms with Crippen LogP contribution < -0.4 is 0 Å². The van der Waals surface area contributed by atoms with Crippen LogP contribution >= 0.6 is 0 Å². The normalized spacial score (nSPS) is 69.8. The van der Waals surface area contributed by atoms with E-state index in [1.807, 2.05) is 0 Å². The molecule has 0 nitrogen and oxygen atoms in total. The van der Waals surface area contributed by atoms with E-state index < -0.39 is 0 Å². The fourth-order valence-corrected chi connectivity index (χ4v) is 5.12. The lowest BCUT2D eigenvalue weighted by molar-refractivity contribution is 0.332. The minimum atomic E-state index is 1.23. The molecule has 0 aliphatic heterocycles. The van der Waals surface area contributed by atoms with Crippen LogP contribution in [0.5, 0.6) is 0 Å². The molecular formula is C11H16. The molecule has 0 aromatic heterocycles. The molecule has 60 valence electrons. The van der Waals surface area contributed by atoms with Gasteiger partial charge in [-0.2, -0.15) is 0 Å². The van der Waals surface area contributed by atoms with Gasteiger partial charge in [0.1, 0.15) is 0 Å². The van der Waals surface area contributed by atoms with Crippen LogP contribution in [0.2, 0.25) is 0 Å². The highest BCUT2D eigenvalue weighted by Crippen LogP contribution is 2.75. The zero-order valence-corrected chi connectivity index (χ0v) is 7.00. The number of fused-ring (bicyclic) bond motifs is 2. The third-order valence-corrected chi connectivity index (χ3v) is 5.29. The molecule has 0 amide bonds. The SMILES string of the molecule is C1CC2C3CCC2C2C(C1)C32. The largest absolute Gasteiger partial charge is 0.0527 e. The summed E-state index contributed by atoms with van der Waals surface area (Å²) in [5, 5.41) is 0. The molecule has 5 aliphatic carbocycles. The van der Waals surface area contributed by atoms with Gasteiger partial charge in [-0.15, -0.1) is 0 Å². The molecule has 0 spiro atoms. The Labute approximate surface area is 68.4 Å². The zero-order valence-electron chi connectivity index (χ0n) is 7.00. The van der Waals surface area contributed by atoms with Gasteiger partial charge in [-0.3, -0.25) is 0 Å². The van der Waals surface area contributed by atoms with Crippen molar-refractivity contribution in [3.05, 3.63) is 0 Å². The summed E-state index contributed by atoms with van der Waals surface area (Å²) in [6, 6.07) is 0. The van der Waals surface area contributed by atoms with E-state index in [2.05, 4.69) is 0 Å². The molecule has 0 saturated heterocycles. The quantitative estimate of drug-likeness (QED) is 0.495. The lowest BCUT2D eigenvalue weighted by Gasteiger charge is -2.15. The molecule has 0 N–H and O–H groups in total. The average molecular weight is 148 g/mol.